The van der Waals surface area contributed by atoms with E-state index in [9.17, 15) is 4.79 Å². The monoisotopic (exact) mass is 87.0 g/mol. The molecule has 0 spiro atoms. The Hall–Kier alpha value is -0.410. The summed E-state index contributed by atoms with van der Waals surface area (Å²) in [4.78, 5) is 9.19. The zero-order valence-corrected chi connectivity index (χ0v) is 3.43. The number of carbonyl (C=O) groups excluding carboxylic acids is 1. The molecule has 0 aromatic rings. The van der Waals surface area contributed by atoms with Gasteiger partial charge in [0.1, 0.15) is 0 Å². The summed E-state index contributed by atoms with van der Waals surface area (Å²) in [6.07, 6.45) is 0. The predicted molar refractivity (Wildman–Crippen MR) is 20.7 cm³/mol. The van der Waals surface area contributed by atoms with Crippen LogP contribution in [0.15, 0.2) is 0 Å². The molecule has 2 nitrogen and oxygen atoms in total. The van der Waals surface area contributed by atoms with Crippen molar-refractivity contribution >= 4 is 14.6 Å². The summed E-state index contributed by atoms with van der Waals surface area (Å²) in [5.74, 6) is 1.68. The van der Waals surface area contributed by atoms with E-state index in [2.05, 4.69) is 0 Å². The number of hydrogen-bond acceptors (Lipinski definition) is 2. The topological polar surface area (TPSA) is 40.9 Å². The molecular weight excluding hydrogens is 85.0 g/mol. The van der Waals surface area contributed by atoms with E-state index in [1.54, 1.807) is 5.81 Å². The molecule has 0 radical (unpaired) electrons. The van der Waals surface area contributed by atoms with Gasteiger partial charge < -0.3 is 0 Å². The Labute approximate surface area is 31.6 Å². The van der Waals surface area contributed by atoms with Crippen molar-refractivity contribution in [3.05, 3.63) is 0 Å². The van der Waals surface area contributed by atoms with E-state index >= 15 is 0 Å². The second-order valence-electron chi connectivity index (χ2n) is 0.374. The van der Waals surface area contributed by atoms with Gasteiger partial charge in [-0.05, 0) is 0 Å². The van der Waals surface area contributed by atoms with Gasteiger partial charge in [0, 0.05) is 0 Å². The molecule has 0 rings (SSSR count). The molecule has 0 aromatic heterocycles. The first-order chi connectivity index (χ1) is 2.41. The van der Waals surface area contributed by atoms with Gasteiger partial charge >= 0.3 is 0 Å². The number of hydrogen-bond donors (Lipinski definition) is 0. The third-order valence-electron chi connectivity index (χ3n) is 0.123. The van der Waals surface area contributed by atoms with Crippen LogP contribution >= 0.6 is 8.58 Å². The molecule has 0 aliphatic rings. The van der Waals surface area contributed by atoms with E-state index in [1.165, 1.54) is 0 Å². The predicted octanol–water partition coefficient (Wildman–Crippen LogP) is 0.336. The summed E-state index contributed by atoms with van der Waals surface area (Å²) in [7, 11) is -0.177. The molecule has 0 N–H and O–H groups in total. The third kappa shape index (κ3) is 3.59. The average molecular weight is 87.0 g/mol. The molecule has 1 unspecified atom stereocenters. The molecule has 26 valence electrons. The second kappa shape index (κ2) is 3.59. The third-order valence-corrected chi connectivity index (χ3v) is 0.370. The highest BCUT2D eigenvalue weighted by Gasteiger charge is 1.62. The normalized spacial score (nSPS) is 7.80. The fourth-order valence-electron chi connectivity index (χ4n) is 0.0264. The van der Waals surface area contributed by atoms with E-state index in [4.69, 9.17) is 5.26 Å². The molecule has 0 saturated heterocycles. The number of nitriles is 1. The fraction of sp³-hybridized carbons (Fsp3) is 0. The summed E-state index contributed by atoms with van der Waals surface area (Å²) in [5, 5.41) is 7.60. The summed E-state index contributed by atoms with van der Waals surface area (Å²) in [6, 6.07) is 0.597. The maximum absolute atomic E-state index is 9.19. The highest BCUT2D eigenvalue weighted by Crippen LogP contribution is 1.94. The molecule has 0 fully saturated rings. The van der Waals surface area contributed by atoms with Gasteiger partial charge in [-0.3, -0.25) is 4.79 Å². The van der Waals surface area contributed by atoms with Crippen molar-refractivity contribution < 1.29 is 4.79 Å². The maximum atomic E-state index is 9.19. The van der Waals surface area contributed by atoms with E-state index in [0.717, 1.165) is 0 Å². The van der Waals surface area contributed by atoms with E-state index in [-0.39, 0.29) is 8.58 Å². The van der Waals surface area contributed by atoms with Gasteiger partial charge in [-0.15, -0.1) is 0 Å². The summed E-state index contributed by atoms with van der Waals surface area (Å²) >= 11 is 0. The smallest absolute Gasteiger partial charge is 0.153 e. The summed E-state index contributed by atoms with van der Waals surface area (Å²) in [6.45, 7) is 0. The Morgan fingerprint density at radius 1 is 2.00 bits per heavy atom. The first kappa shape index (κ1) is 4.59. The van der Waals surface area contributed by atoms with Gasteiger partial charge in [-0.2, -0.15) is 5.26 Å². The first-order valence-electron chi connectivity index (χ1n) is 0.998. The van der Waals surface area contributed by atoms with Crippen molar-refractivity contribution in [1.82, 2.24) is 0 Å². The summed E-state index contributed by atoms with van der Waals surface area (Å²) in [5.41, 5.74) is 0. The van der Waals surface area contributed by atoms with Gasteiger partial charge in [0.25, 0.3) is 0 Å². The standard InChI is InChI=1S/C2H2NOP/c3-1-5-2-4/h2,5H. The molecule has 0 aromatic carbocycles. The minimum absolute atomic E-state index is 0.177. The first-order valence-corrected chi connectivity index (χ1v) is 2.08. The lowest BCUT2D eigenvalue weighted by molar-refractivity contribution is 0.569. The van der Waals surface area contributed by atoms with Crippen LogP contribution < -0.4 is 0 Å². The Bertz CT molecular complexity index is 64.5. The van der Waals surface area contributed by atoms with Crippen LogP contribution in [-0.4, -0.2) is 6.03 Å². The highest BCUT2D eigenvalue weighted by atomic mass is 31.1. The second-order valence-corrected chi connectivity index (χ2v) is 1.12. The molecule has 3 heteroatoms. The van der Waals surface area contributed by atoms with Crippen LogP contribution in [0, 0.1) is 11.1 Å². The van der Waals surface area contributed by atoms with E-state index in [1.807, 2.05) is 0 Å². The Morgan fingerprint density at radius 3 is 2.60 bits per heavy atom. The molecule has 5 heavy (non-hydrogen) atoms. The van der Waals surface area contributed by atoms with Crippen LogP contribution in [0.25, 0.3) is 0 Å². The van der Waals surface area contributed by atoms with Crippen LogP contribution in [0.5, 0.6) is 0 Å². The fourth-order valence-corrected chi connectivity index (χ4v) is 0.0791. The lowest BCUT2D eigenvalue weighted by Crippen LogP contribution is -1.39. The SMILES string of the molecule is N#CPC=O. The zero-order chi connectivity index (χ0) is 4.12. The van der Waals surface area contributed by atoms with Crippen molar-refractivity contribution in [3.8, 4) is 5.81 Å². The Kier molecular flexibility index (Phi) is 3.30. The van der Waals surface area contributed by atoms with Gasteiger partial charge in [-0.1, -0.05) is 0 Å². The molecular formula is C2H2NOP. The van der Waals surface area contributed by atoms with Gasteiger partial charge in [-0.25, -0.2) is 0 Å². The van der Waals surface area contributed by atoms with Crippen molar-refractivity contribution in [2.75, 3.05) is 0 Å². The van der Waals surface area contributed by atoms with E-state index in [0.29, 0.717) is 6.03 Å². The quantitative estimate of drug-likeness (QED) is 0.341. The number of nitrogens with zero attached hydrogens (tertiary/aromatic N) is 1. The maximum Gasteiger partial charge on any atom is 0.153 e. The van der Waals surface area contributed by atoms with Gasteiger partial charge in [0.15, 0.2) is 6.03 Å². The molecule has 0 aliphatic carbocycles. The van der Waals surface area contributed by atoms with Crippen LogP contribution in [0.1, 0.15) is 0 Å². The van der Waals surface area contributed by atoms with Gasteiger partial charge in [0.05, 0.1) is 14.4 Å². The molecule has 1 atom stereocenters. The van der Waals surface area contributed by atoms with E-state index < -0.39 is 0 Å². The molecule has 0 amide bonds. The average Bonchev–Trinajstić information content (AvgIpc) is 1.41. The highest BCUT2D eigenvalue weighted by molar-refractivity contribution is 7.59. The van der Waals surface area contributed by atoms with Crippen molar-refractivity contribution in [3.63, 3.8) is 0 Å². The Morgan fingerprint density at radius 2 is 2.60 bits per heavy atom. The van der Waals surface area contributed by atoms with Crippen molar-refractivity contribution in [2.24, 2.45) is 0 Å². The van der Waals surface area contributed by atoms with Crippen molar-refractivity contribution in [1.29, 1.82) is 5.26 Å². The molecule has 0 saturated carbocycles. The zero-order valence-electron chi connectivity index (χ0n) is 2.43. The molecule has 0 aliphatic heterocycles. The van der Waals surface area contributed by atoms with Crippen molar-refractivity contribution in [2.45, 2.75) is 0 Å². The minimum Gasteiger partial charge on any atom is -0.297 e. The largest absolute Gasteiger partial charge is 0.297 e. The summed E-state index contributed by atoms with van der Waals surface area (Å²) < 4.78 is 0. The van der Waals surface area contributed by atoms with Crippen LogP contribution in [-0.2, 0) is 4.79 Å². The van der Waals surface area contributed by atoms with Crippen LogP contribution in [0.4, 0.5) is 0 Å². The lowest BCUT2D eigenvalue weighted by Gasteiger charge is -1.50. The van der Waals surface area contributed by atoms with Crippen LogP contribution in [0.3, 0.4) is 0 Å². The molecule has 0 heterocycles. The molecule has 0 bridgehead atoms. The van der Waals surface area contributed by atoms with Crippen LogP contribution in [0.2, 0.25) is 0 Å². The number of rotatable bonds is 1. The minimum atomic E-state index is -0.177. The Balaban J connectivity index is 2.75. The number of carbonyl (C=O) groups is 1. The van der Waals surface area contributed by atoms with Gasteiger partial charge in [0.2, 0.25) is 0 Å². The lowest BCUT2D eigenvalue weighted by atomic mass is 11.8.